The van der Waals surface area contributed by atoms with Crippen molar-refractivity contribution in [1.29, 1.82) is 5.26 Å². The first-order valence-corrected chi connectivity index (χ1v) is 5.24. The average Bonchev–Trinajstić information content (AvgIpc) is 2.60. The summed E-state index contributed by atoms with van der Waals surface area (Å²) in [5.74, 6) is 0. The highest BCUT2D eigenvalue weighted by Gasteiger charge is 2.08. The van der Waals surface area contributed by atoms with Gasteiger partial charge < -0.3 is 5.73 Å². The van der Waals surface area contributed by atoms with Crippen LogP contribution in [-0.4, -0.2) is 0 Å². The van der Waals surface area contributed by atoms with E-state index < -0.39 is 0 Å². The molecule has 0 amide bonds. The van der Waals surface area contributed by atoms with Gasteiger partial charge in [-0.15, -0.1) is 11.3 Å². The summed E-state index contributed by atoms with van der Waals surface area (Å²) >= 11 is 1.63. The van der Waals surface area contributed by atoms with Gasteiger partial charge in [0.25, 0.3) is 0 Å². The smallest absolute Gasteiger partial charge is 0.0670 e. The van der Waals surface area contributed by atoms with Crippen molar-refractivity contribution >= 4 is 27.1 Å². The minimum atomic E-state index is 0.458. The third-order valence-electron chi connectivity index (χ3n) is 2.36. The van der Waals surface area contributed by atoms with E-state index in [1.165, 1.54) is 0 Å². The van der Waals surface area contributed by atoms with Crippen molar-refractivity contribution < 1.29 is 0 Å². The molecule has 2 N–H and O–H groups in total. The normalized spacial score (nSPS) is 10.3. The van der Waals surface area contributed by atoms with Crippen LogP contribution in [0, 0.1) is 18.3 Å². The van der Waals surface area contributed by atoms with Crippen LogP contribution in [0.15, 0.2) is 17.5 Å². The Balaban J connectivity index is 2.81. The molecular weight excluding hydrogens is 192 g/mol. The van der Waals surface area contributed by atoms with E-state index in [1.807, 2.05) is 24.4 Å². The molecule has 0 aliphatic rings. The third kappa shape index (κ3) is 1.24. The van der Waals surface area contributed by atoms with Crippen LogP contribution < -0.4 is 5.73 Å². The monoisotopic (exact) mass is 202 g/mol. The molecule has 14 heavy (non-hydrogen) atoms. The predicted molar refractivity (Wildman–Crippen MR) is 60.3 cm³/mol. The lowest BCUT2D eigenvalue weighted by molar-refractivity contribution is 1.24. The Labute approximate surface area is 86.6 Å². The van der Waals surface area contributed by atoms with E-state index in [9.17, 15) is 0 Å². The summed E-state index contributed by atoms with van der Waals surface area (Å²) in [6.07, 6.45) is 0.458. The van der Waals surface area contributed by atoms with Gasteiger partial charge in [0, 0.05) is 5.69 Å². The number of fused-ring (bicyclic) bond motifs is 1. The maximum atomic E-state index is 8.73. The largest absolute Gasteiger partial charge is 0.398 e. The molecule has 2 aromatic rings. The molecule has 0 aliphatic heterocycles. The van der Waals surface area contributed by atoms with Crippen molar-refractivity contribution in [3.8, 4) is 6.07 Å². The first-order valence-electron chi connectivity index (χ1n) is 4.36. The highest BCUT2D eigenvalue weighted by atomic mass is 32.1. The molecule has 1 aromatic carbocycles. The van der Waals surface area contributed by atoms with Crippen LogP contribution in [0.3, 0.4) is 0 Å². The summed E-state index contributed by atoms with van der Waals surface area (Å²) in [7, 11) is 0. The summed E-state index contributed by atoms with van der Waals surface area (Å²) in [4.78, 5) is 0. The van der Waals surface area contributed by atoms with Gasteiger partial charge in [0.1, 0.15) is 0 Å². The Morgan fingerprint density at radius 2 is 2.36 bits per heavy atom. The molecule has 1 aromatic heterocycles. The van der Waals surface area contributed by atoms with Crippen LogP contribution in [0.1, 0.15) is 11.1 Å². The molecule has 0 fully saturated rings. The number of anilines is 1. The van der Waals surface area contributed by atoms with Gasteiger partial charge in [0.15, 0.2) is 0 Å². The van der Waals surface area contributed by atoms with Gasteiger partial charge in [-0.05, 0) is 40.9 Å². The number of nitrogens with two attached hydrogens (primary N) is 1. The van der Waals surface area contributed by atoms with Gasteiger partial charge in [-0.2, -0.15) is 5.26 Å². The fourth-order valence-corrected chi connectivity index (χ4v) is 2.54. The van der Waals surface area contributed by atoms with Crippen molar-refractivity contribution in [2.24, 2.45) is 0 Å². The zero-order chi connectivity index (χ0) is 10.1. The number of benzene rings is 1. The Morgan fingerprint density at radius 3 is 3.07 bits per heavy atom. The molecule has 2 nitrogen and oxygen atoms in total. The SMILES string of the molecule is Cc1cc(N)c2sccc2c1CC#N. The summed E-state index contributed by atoms with van der Waals surface area (Å²) < 4.78 is 1.10. The Bertz CT molecular complexity index is 520. The molecule has 0 saturated carbocycles. The number of rotatable bonds is 1. The van der Waals surface area contributed by atoms with E-state index in [2.05, 4.69) is 6.07 Å². The maximum absolute atomic E-state index is 8.73. The molecule has 70 valence electrons. The number of hydrogen-bond acceptors (Lipinski definition) is 3. The summed E-state index contributed by atoms with van der Waals surface area (Å²) in [5, 5.41) is 11.9. The van der Waals surface area contributed by atoms with Gasteiger partial charge in [-0.3, -0.25) is 0 Å². The van der Waals surface area contributed by atoms with Gasteiger partial charge in [0.05, 0.1) is 17.2 Å². The molecule has 1 heterocycles. The zero-order valence-electron chi connectivity index (χ0n) is 7.87. The van der Waals surface area contributed by atoms with Crippen LogP contribution >= 0.6 is 11.3 Å². The molecule has 3 heteroatoms. The molecular formula is C11H10N2S. The lowest BCUT2D eigenvalue weighted by Crippen LogP contribution is -1.92. The zero-order valence-corrected chi connectivity index (χ0v) is 8.69. The van der Waals surface area contributed by atoms with Gasteiger partial charge >= 0.3 is 0 Å². The lowest BCUT2D eigenvalue weighted by atomic mass is 10.0. The molecule has 0 saturated heterocycles. The molecule has 0 atom stereocenters. The second-order valence-corrected chi connectivity index (χ2v) is 4.18. The quantitative estimate of drug-likeness (QED) is 0.723. The van der Waals surface area contributed by atoms with Crippen LogP contribution in [0.25, 0.3) is 10.1 Å². The topological polar surface area (TPSA) is 49.8 Å². The van der Waals surface area contributed by atoms with Crippen LogP contribution in [0.4, 0.5) is 5.69 Å². The molecule has 0 aliphatic carbocycles. The lowest BCUT2D eigenvalue weighted by Gasteiger charge is -2.05. The molecule has 0 spiro atoms. The number of nitrogen functional groups attached to an aromatic ring is 1. The maximum Gasteiger partial charge on any atom is 0.0670 e. The summed E-state index contributed by atoms with van der Waals surface area (Å²) in [6, 6.07) is 6.18. The van der Waals surface area contributed by atoms with E-state index in [0.29, 0.717) is 6.42 Å². The van der Waals surface area contributed by atoms with E-state index in [4.69, 9.17) is 11.0 Å². The third-order valence-corrected chi connectivity index (χ3v) is 3.32. The number of thiophene rings is 1. The summed E-state index contributed by atoms with van der Waals surface area (Å²) in [5.41, 5.74) is 8.92. The Morgan fingerprint density at radius 1 is 1.57 bits per heavy atom. The minimum absolute atomic E-state index is 0.458. The van der Waals surface area contributed by atoms with Crippen molar-refractivity contribution in [3.63, 3.8) is 0 Å². The van der Waals surface area contributed by atoms with Crippen molar-refractivity contribution in [1.82, 2.24) is 0 Å². The van der Waals surface area contributed by atoms with Crippen molar-refractivity contribution in [2.75, 3.05) is 5.73 Å². The van der Waals surface area contributed by atoms with Crippen molar-refractivity contribution in [3.05, 3.63) is 28.6 Å². The van der Waals surface area contributed by atoms with Crippen LogP contribution in [-0.2, 0) is 6.42 Å². The highest BCUT2D eigenvalue weighted by molar-refractivity contribution is 7.17. The molecule has 2 rings (SSSR count). The molecule has 0 bridgehead atoms. The Hall–Kier alpha value is -1.53. The first kappa shape index (κ1) is 9.04. The van der Waals surface area contributed by atoms with Crippen molar-refractivity contribution in [2.45, 2.75) is 13.3 Å². The van der Waals surface area contributed by atoms with Gasteiger partial charge in [0.2, 0.25) is 0 Å². The summed E-state index contributed by atoms with van der Waals surface area (Å²) in [6.45, 7) is 2.00. The highest BCUT2D eigenvalue weighted by Crippen LogP contribution is 2.32. The molecule has 0 unspecified atom stereocenters. The first-order chi connectivity index (χ1) is 6.74. The number of aryl methyl sites for hydroxylation is 1. The van der Waals surface area contributed by atoms with Crippen LogP contribution in [0.5, 0.6) is 0 Å². The predicted octanol–water partition coefficient (Wildman–Crippen LogP) is 2.86. The second-order valence-electron chi connectivity index (χ2n) is 3.26. The number of hydrogen-bond donors (Lipinski definition) is 1. The van der Waals surface area contributed by atoms with Gasteiger partial charge in [-0.1, -0.05) is 0 Å². The van der Waals surface area contributed by atoms with Crippen LogP contribution in [0.2, 0.25) is 0 Å². The number of nitriles is 1. The minimum Gasteiger partial charge on any atom is -0.398 e. The van der Waals surface area contributed by atoms with E-state index >= 15 is 0 Å². The number of nitrogens with zero attached hydrogens (tertiary/aromatic N) is 1. The second kappa shape index (κ2) is 3.32. The Kier molecular flexibility index (Phi) is 2.14. The van der Waals surface area contributed by atoms with Gasteiger partial charge in [-0.25, -0.2) is 0 Å². The fourth-order valence-electron chi connectivity index (χ4n) is 1.68. The van der Waals surface area contributed by atoms with E-state index in [-0.39, 0.29) is 0 Å². The fraction of sp³-hybridized carbons (Fsp3) is 0.182. The average molecular weight is 202 g/mol. The van der Waals surface area contributed by atoms with E-state index in [1.54, 1.807) is 11.3 Å². The standard InChI is InChI=1S/C11H10N2S/c1-7-6-10(13)11-9(3-5-14-11)8(7)2-4-12/h3,5-6H,2,13H2,1H3. The van der Waals surface area contributed by atoms with E-state index in [0.717, 1.165) is 26.9 Å². The molecule has 0 radical (unpaired) electrons.